The number of rotatable bonds is 6. The van der Waals surface area contributed by atoms with Crippen LogP contribution in [0.2, 0.25) is 0 Å². The minimum absolute atomic E-state index is 0.173. The van der Waals surface area contributed by atoms with Crippen LogP contribution < -0.4 is 14.5 Å². The zero-order valence-electron chi connectivity index (χ0n) is 14.0. The molecule has 1 aliphatic rings. The number of quaternary nitrogens is 1. The van der Waals surface area contributed by atoms with Crippen molar-refractivity contribution < 1.29 is 19.1 Å². The molecule has 1 aliphatic heterocycles. The fourth-order valence-electron chi connectivity index (χ4n) is 3.12. The molecule has 0 bridgehead atoms. The molecular formula is C19H23BrFN2O2+. The van der Waals surface area contributed by atoms with Gasteiger partial charge in [0.15, 0.2) is 0 Å². The molecular weight excluding hydrogens is 387 g/mol. The van der Waals surface area contributed by atoms with E-state index in [1.807, 2.05) is 36.4 Å². The second-order valence-corrected chi connectivity index (χ2v) is 7.23. The minimum atomic E-state index is -0.519. The van der Waals surface area contributed by atoms with Crippen LogP contribution in [0.5, 0.6) is 5.75 Å². The second kappa shape index (κ2) is 8.65. The third-order valence-electron chi connectivity index (χ3n) is 4.43. The van der Waals surface area contributed by atoms with Gasteiger partial charge < -0.3 is 19.6 Å². The van der Waals surface area contributed by atoms with Gasteiger partial charge in [-0.1, -0.05) is 34.1 Å². The number of benzene rings is 2. The molecule has 2 aromatic carbocycles. The molecule has 1 saturated heterocycles. The SMILES string of the molecule is O[C@@H](COc1cccc(Br)c1)C[NH+]1CCN(c2ccccc2F)CC1. The standard InChI is InChI=1S/C19H22BrFN2O2/c20-15-4-3-5-17(12-15)25-14-16(24)13-22-8-10-23(11-9-22)19-7-2-1-6-18(19)21/h1-7,12,16,24H,8-11,13-14H2/p+1/t16-/m1/s1. The Balaban J connectivity index is 1.43. The summed E-state index contributed by atoms with van der Waals surface area (Å²) in [6, 6.07) is 14.5. The lowest BCUT2D eigenvalue weighted by Crippen LogP contribution is -3.16. The van der Waals surface area contributed by atoms with Crippen LogP contribution in [0.1, 0.15) is 0 Å². The molecule has 3 rings (SSSR count). The van der Waals surface area contributed by atoms with Gasteiger partial charge in [0.05, 0.1) is 31.9 Å². The summed E-state index contributed by atoms with van der Waals surface area (Å²) in [6.07, 6.45) is -0.519. The van der Waals surface area contributed by atoms with Crippen molar-refractivity contribution in [2.75, 3.05) is 44.2 Å². The molecule has 0 aromatic heterocycles. The molecule has 0 unspecified atom stereocenters. The van der Waals surface area contributed by atoms with Crippen molar-refractivity contribution in [2.24, 2.45) is 0 Å². The van der Waals surface area contributed by atoms with Gasteiger partial charge in [-0.05, 0) is 30.3 Å². The Kier molecular flexibility index (Phi) is 6.29. The molecule has 0 radical (unpaired) electrons. The fourth-order valence-corrected chi connectivity index (χ4v) is 3.50. The van der Waals surface area contributed by atoms with Gasteiger partial charge >= 0.3 is 0 Å². The highest BCUT2D eigenvalue weighted by atomic mass is 79.9. The number of aliphatic hydroxyl groups excluding tert-OH is 1. The van der Waals surface area contributed by atoms with Gasteiger partial charge in [0.25, 0.3) is 0 Å². The van der Waals surface area contributed by atoms with E-state index < -0.39 is 6.10 Å². The van der Waals surface area contributed by atoms with Crippen LogP contribution >= 0.6 is 15.9 Å². The van der Waals surface area contributed by atoms with Gasteiger partial charge in [-0.2, -0.15) is 0 Å². The maximum atomic E-state index is 13.9. The van der Waals surface area contributed by atoms with E-state index in [-0.39, 0.29) is 12.4 Å². The van der Waals surface area contributed by atoms with Crippen LogP contribution in [0.15, 0.2) is 53.0 Å². The smallest absolute Gasteiger partial charge is 0.146 e. The summed E-state index contributed by atoms with van der Waals surface area (Å²) in [4.78, 5) is 3.39. The fraction of sp³-hybridized carbons (Fsp3) is 0.368. The van der Waals surface area contributed by atoms with E-state index >= 15 is 0 Å². The maximum Gasteiger partial charge on any atom is 0.146 e. The first-order valence-electron chi connectivity index (χ1n) is 8.51. The van der Waals surface area contributed by atoms with E-state index in [0.717, 1.165) is 36.4 Å². The van der Waals surface area contributed by atoms with Crippen LogP contribution in [-0.4, -0.2) is 50.5 Å². The lowest BCUT2D eigenvalue weighted by Gasteiger charge is -2.34. The molecule has 2 aromatic rings. The Bertz CT molecular complexity index is 693. The normalized spacial score (nSPS) is 16.7. The Morgan fingerprint density at radius 2 is 1.92 bits per heavy atom. The van der Waals surface area contributed by atoms with Crippen LogP contribution in [0.25, 0.3) is 0 Å². The molecule has 0 saturated carbocycles. The number of piperazine rings is 1. The molecule has 1 atom stereocenters. The zero-order valence-corrected chi connectivity index (χ0v) is 15.6. The summed E-state index contributed by atoms with van der Waals surface area (Å²) in [7, 11) is 0. The number of hydrogen-bond donors (Lipinski definition) is 2. The van der Waals surface area contributed by atoms with Crippen molar-refractivity contribution in [3.63, 3.8) is 0 Å². The summed E-state index contributed by atoms with van der Waals surface area (Å²) in [5.41, 5.74) is 0.667. The first kappa shape index (κ1) is 18.2. The molecule has 1 fully saturated rings. The Hall–Kier alpha value is -1.63. The van der Waals surface area contributed by atoms with Crippen molar-refractivity contribution >= 4 is 21.6 Å². The molecule has 0 aliphatic carbocycles. The Morgan fingerprint density at radius 1 is 1.16 bits per heavy atom. The number of para-hydroxylation sites is 1. The van der Waals surface area contributed by atoms with E-state index in [9.17, 15) is 9.50 Å². The van der Waals surface area contributed by atoms with Gasteiger partial charge in [0, 0.05) is 4.47 Å². The van der Waals surface area contributed by atoms with Gasteiger partial charge in [-0.3, -0.25) is 0 Å². The number of aliphatic hydroxyl groups is 1. The van der Waals surface area contributed by atoms with E-state index in [0.29, 0.717) is 12.2 Å². The highest BCUT2D eigenvalue weighted by Crippen LogP contribution is 2.19. The van der Waals surface area contributed by atoms with Gasteiger partial charge in [-0.15, -0.1) is 0 Å². The molecule has 25 heavy (non-hydrogen) atoms. The summed E-state index contributed by atoms with van der Waals surface area (Å²) < 4.78 is 20.5. The first-order chi connectivity index (χ1) is 12.1. The third kappa shape index (κ3) is 5.17. The number of halogens is 2. The van der Waals surface area contributed by atoms with Crippen LogP contribution in [0.4, 0.5) is 10.1 Å². The molecule has 4 nitrogen and oxygen atoms in total. The Labute approximate surface area is 155 Å². The molecule has 0 amide bonds. The predicted molar refractivity (Wildman–Crippen MR) is 99.8 cm³/mol. The van der Waals surface area contributed by atoms with Crippen molar-refractivity contribution in [1.29, 1.82) is 0 Å². The Morgan fingerprint density at radius 3 is 2.64 bits per heavy atom. The lowest BCUT2D eigenvalue weighted by molar-refractivity contribution is -0.903. The highest BCUT2D eigenvalue weighted by molar-refractivity contribution is 9.10. The minimum Gasteiger partial charge on any atom is -0.491 e. The molecule has 2 N–H and O–H groups in total. The average Bonchev–Trinajstić information content (AvgIpc) is 2.61. The zero-order chi connectivity index (χ0) is 17.6. The van der Waals surface area contributed by atoms with E-state index in [1.165, 1.54) is 11.0 Å². The van der Waals surface area contributed by atoms with Crippen LogP contribution in [-0.2, 0) is 0 Å². The maximum absolute atomic E-state index is 13.9. The van der Waals surface area contributed by atoms with Crippen molar-refractivity contribution in [1.82, 2.24) is 0 Å². The second-order valence-electron chi connectivity index (χ2n) is 6.31. The summed E-state index contributed by atoms with van der Waals surface area (Å²) in [5.74, 6) is 0.571. The average molecular weight is 410 g/mol. The van der Waals surface area contributed by atoms with Crippen LogP contribution in [0, 0.1) is 5.82 Å². The van der Waals surface area contributed by atoms with Gasteiger partial charge in [-0.25, -0.2) is 4.39 Å². The van der Waals surface area contributed by atoms with E-state index in [4.69, 9.17) is 4.74 Å². The first-order valence-corrected chi connectivity index (χ1v) is 9.30. The van der Waals surface area contributed by atoms with E-state index in [2.05, 4.69) is 20.8 Å². The number of nitrogens with zero attached hydrogens (tertiary/aromatic N) is 1. The quantitative estimate of drug-likeness (QED) is 0.762. The number of nitrogens with one attached hydrogen (secondary N) is 1. The van der Waals surface area contributed by atoms with E-state index in [1.54, 1.807) is 6.07 Å². The summed E-state index contributed by atoms with van der Waals surface area (Å²) in [5, 5.41) is 10.2. The summed E-state index contributed by atoms with van der Waals surface area (Å²) >= 11 is 3.40. The predicted octanol–water partition coefficient (Wildman–Crippen LogP) is 1.73. The van der Waals surface area contributed by atoms with Crippen molar-refractivity contribution in [3.05, 3.63) is 58.8 Å². The highest BCUT2D eigenvalue weighted by Gasteiger charge is 2.24. The third-order valence-corrected chi connectivity index (χ3v) is 4.92. The molecule has 6 heteroatoms. The topological polar surface area (TPSA) is 37.1 Å². The van der Waals surface area contributed by atoms with Gasteiger partial charge in [0.1, 0.15) is 30.8 Å². The summed E-state index contributed by atoms with van der Waals surface area (Å²) in [6.45, 7) is 4.24. The lowest BCUT2D eigenvalue weighted by atomic mass is 10.2. The largest absolute Gasteiger partial charge is 0.491 e. The van der Waals surface area contributed by atoms with Gasteiger partial charge in [0.2, 0.25) is 0 Å². The van der Waals surface area contributed by atoms with Crippen molar-refractivity contribution in [3.8, 4) is 5.75 Å². The number of ether oxygens (including phenoxy) is 1. The number of anilines is 1. The van der Waals surface area contributed by atoms with Crippen LogP contribution in [0.3, 0.4) is 0 Å². The number of hydrogen-bond acceptors (Lipinski definition) is 3. The molecule has 134 valence electrons. The monoisotopic (exact) mass is 409 g/mol. The molecule has 0 spiro atoms. The molecule has 1 heterocycles. The van der Waals surface area contributed by atoms with Crippen molar-refractivity contribution in [2.45, 2.75) is 6.10 Å².